The molecule has 24 heavy (non-hydrogen) atoms. The molecule has 4 rings (SSSR count). The molecule has 5 nitrogen and oxygen atoms in total. The van der Waals surface area contributed by atoms with Crippen molar-refractivity contribution in [1.82, 2.24) is 15.1 Å². The van der Waals surface area contributed by atoms with E-state index in [1.54, 1.807) is 0 Å². The first kappa shape index (κ1) is 17.5. The van der Waals surface area contributed by atoms with Crippen molar-refractivity contribution in [2.24, 2.45) is 0 Å². The van der Waals surface area contributed by atoms with Gasteiger partial charge in [0.2, 0.25) is 0 Å². The second-order valence-corrected chi connectivity index (χ2v) is 6.72. The third kappa shape index (κ3) is 3.53. The van der Waals surface area contributed by atoms with Gasteiger partial charge in [-0.15, -0.1) is 12.4 Å². The summed E-state index contributed by atoms with van der Waals surface area (Å²) in [6.07, 6.45) is 6.98. The molecule has 0 atom stereocenters. The van der Waals surface area contributed by atoms with Crippen molar-refractivity contribution < 1.29 is 9.47 Å². The van der Waals surface area contributed by atoms with Crippen molar-refractivity contribution in [3.8, 4) is 5.75 Å². The lowest BCUT2D eigenvalue weighted by atomic mass is 9.91. The number of nitrogens with zero attached hydrogens (tertiary/aromatic N) is 2. The highest BCUT2D eigenvalue weighted by atomic mass is 35.5. The number of benzene rings is 1. The van der Waals surface area contributed by atoms with Gasteiger partial charge in [0.1, 0.15) is 5.75 Å². The summed E-state index contributed by atoms with van der Waals surface area (Å²) in [6, 6.07) is 4.85. The number of aryl methyl sites for hydroxylation is 1. The van der Waals surface area contributed by atoms with Crippen molar-refractivity contribution in [3.63, 3.8) is 0 Å². The number of aromatic nitrogens is 2. The van der Waals surface area contributed by atoms with Crippen LogP contribution in [-0.2, 0) is 4.74 Å². The minimum absolute atomic E-state index is 0. The molecule has 0 amide bonds. The van der Waals surface area contributed by atoms with Crippen LogP contribution >= 0.6 is 12.4 Å². The molecule has 2 fully saturated rings. The van der Waals surface area contributed by atoms with E-state index in [0.717, 1.165) is 61.8 Å². The Hall–Kier alpha value is -1.30. The van der Waals surface area contributed by atoms with Crippen LogP contribution in [0.1, 0.15) is 31.2 Å². The number of nitrogens with one attached hydrogen (secondary N) is 1. The van der Waals surface area contributed by atoms with Gasteiger partial charge in [0.25, 0.3) is 0 Å². The smallest absolute Gasteiger partial charge is 0.123 e. The summed E-state index contributed by atoms with van der Waals surface area (Å²) in [5.41, 5.74) is 2.26. The number of aromatic amines is 1. The molecule has 1 N–H and O–H groups in total. The molecule has 1 saturated heterocycles. The third-order valence-corrected chi connectivity index (χ3v) is 5.34. The zero-order chi connectivity index (χ0) is 15.6. The van der Waals surface area contributed by atoms with Gasteiger partial charge in [0.05, 0.1) is 31.0 Å². The average molecular weight is 352 g/mol. The van der Waals surface area contributed by atoms with Crippen molar-refractivity contribution in [2.45, 2.75) is 44.8 Å². The molecule has 2 aromatic rings. The Kier molecular flexibility index (Phi) is 5.64. The molecule has 0 unspecified atom stereocenters. The highest BCUT2D eigenvalue weighted by Gasteiger charge is 2.28. The first-order chi connectivity index (χ1) is 11.3. The molecule has 2 aliphatic rings. The Labute approximate surface area is 149 Å². The van der Waals surface area contributed by atoms with E-state index < -0.39 is 0 Å². The fourth-order valence-corrected chi connectivity index (χ4v) is 3.92. The standard InChI is InChI=1S/C18H25N3O2.ClH/c1-13-16-12-19-20-17(16)6-7-18(13)23-15-4-2-14(3-5-15)21-8-10-22-11-9-21;/h6-7,12,14-15H,2-5,8-11H2,1H3,(H,19,20);1H/t14-,15+;. The fourth-order valence-electron chi connectivity index (χ4n) is 3.92. The quantitative estimate of drug-likeness (QED) is 0.921. The molecular weight excluding hydrogens is 326 g/mol. The largest absolute Gasteiger partial charge is 0.490 e. The normalized spacial score (nSPS) is 25.4. The third-order valence-electron chi connectivity index (χ3n) is 5.34. The first-order valence-electron chi connectivity index (χ1n) is 8.72. The molecule has 132 valence electrons. The van der Waals surface area contributed by atoms with Gasteiger partial charge < -0.3 is 9.47 Å². The molecule has 1 aromatic heterocycles. The van der Waals surface area contributed by atoms with E-state index in [9.17, 15) is 0 Å². The van der Waals surface area contributed by atoms with Gasteiger partial charge in [-0.05, 0) is 44.7 Å². The van der Waals surface area contributed by atoms with E-state index in [2.05, 4.69) is 34.2 Å². The number of ether oxygens (including phenoxy) is 2. The molecule has 6 heteroatoms. The van der Waals surface area contributed by atoms with Gasteiger partial charge in [-0.3, -0.25) is 10.00 Å². The fraction of sp³-hybridized carbons (Fsp3) is 0.611. The highest BCUT2D eigenvalue weighted by molar-refractivity contribution is 5.85. The zero-order valence-electron chi connectivity index (χ0n) is 14.2. The number of fused-ring (bicyclic) bond motifs is 1. The molecule has 1 aliphatic heterocycles. The minimum Gasteiger partial charge on any atom is -0.490 e. The van der Waals surface area contributed by atoms with E-state index >= 15 is 0 Å². The number of hydrogen-bond acceptors (Lipinski definition) is 4. The molecule has 0 spiro atoms. The summed E-state index contributed by atoms with van der Waals surface area (Å²) in [6.45, 7) is 6.08. The predicted octanol–water partition coefficient (Wildman–Crippen LogP) is 3.32. The van der Waals surface area contributed by atoms with E-state index in [1.165, 1.54) is 18.4 Å². The van der Waals surface area contributed by atoms with E-state index in [-0.39, 0.29) is 12.4 Å². The first-order valence-corrected chi connectivity index (χ1v) is 8.72. The van der Waals surface area contributed by atoms with Gasteiger partial charge in [-0.25, -0.2) is 0 Å². The summed E-state index contributed by atoms with van der Waals surface area (Å²) in [5, 5.41) is 8.28. The summed E-state index contributed by atoms with van der Waals surface area (Å²) in [5.74, 6) is 1.01. The summed E-state index contributed by atoms with van der Waals surface area (Å²) in [7, 11) is 0. The van der Waals surface area contributed by atoms with Gasteiger partial charge in [0, 0.05) is 30.1 Å². The summed E-state index contributed by atoms with van der Waals surface area (Å²) < 4.78 is 11.8. The number of morpholine rings is 1. The number of rotatable bonds is 3. The predicted molar refractivity (Wildman–Crippen MR) is 97.1 cm³/mol. The Morgan fingerprint density at radius 3 is 2.67 bits per heavy atom. The molecule has 0 radical (unpaired) electrons. The molecule has 2 heterocycles. The van der Waals surface area contributed by atoms with Crippen LogP contribution < -0.4 is 4.74 Å². The Balaban J connectivity index is 0.00000169. The maximum atomic E-state index is 6.31. The summed E-state index contributed by atoms with van der Waals surface area (Å²) in [4.78, 5) is 2.60. The van der Waals surface area contributed by atoms with E-state index in [0.29, 0.717) is 6.10 Å². The molecule has 0 bridgehead atoms. The van der Waals surface area contributed by atoms with Crippen molar-refractivity contribution >= 4 is 23.3 Å². The molecular formula is C18H26ClN3O2. The lowest BCUT2D eigenvalue weighted by molar-refractivity contribution is -0.00107. The van der Waals surface area contributed by atoms with Crippen LogP contribution in [0.3, 0.4) is 0 Å². The van der Waals surface area contributed by atoms with Crippen LogP contribution in [0.5, 0.6) is 5.75 Å². The van der Waals surface area contributed by atoms with Gasteiger partial charge >= 0.3 is 0 Å². The number of H-pyrrole nitrogens is 1. The molecule has 1 aliphatic carbocycles. The Morgan fingerprint density at radius 1 is 1.17 bits per heavy atom. The monoisotopic (exact) mass is 351 g/mol. The van der Waals surface area contributed by atoms with E-state index in [4.69, 9.17) is 9.47 Å². The number of hydrogen-bond donors (Lipinski definition) is 1. The van der Waals surface area contributed by atoms with Crippen LogP contribution in [0.4, 0.5) is 0 Å². The average Bonchev–Trinajstić information content (AvgIpc) is 3.08. The Morgan fingerprint density at radius 2 is 1.92 bits per heavy atom. The topological polar surface area (TPSA) is 50.4 Å². The second-order valence-electron chi connectivity index (χ2n) is 6.72. The van der Waals surface area contributed by atoms with Crippen molar-refractivity contribution in [3.05, 3.63) is 23.9 Å². The maximum absolute atomic E-state index is 6.31. The minimum atomic E-state index is 0. The van der Waals surface area contributed by atoms with Gasteiger partial charge in [0.15, 0.2) is 0 Å². The lowest BCUT2D eigenvalue weighted by Crippen LogP contribution is -2.46. The highest BCUT2D eigenvalue weighted by Crippen LogP contribution is 2.31. The maximum Gasteiger partial charge on any atom is 0.123 e. The Bertz CT molecular complexity index is 661. The van der Waals surface area contributed by atoms with Gasteiger partial charge in [-0.2, -0.15) is 5.10 Å². The number of halogens is 1. The van der Waals surface area contributed by atoms with E-state index in [1.807, 2.05) is 6.20 Å². The van der Waals surface area contributed by atoms with Crippen molar-refractivity contribution in [2.75, 3.05) is 26.3 Å². The van der Waals surface area contributed by atoms with Crippen LogP contribution in [0.25, 0.3) is 10.9 Å². The van der Waals surface area contributed by atoms with Crippen LogP contribution in [0, 0.1) is 6.92 Å². The van der Waals surface area contributed by atoms with Gasteiger partial charge in [-0.1, -0.05) is 0 Å². The zero-order valence-corrected chi connectivity index (χ0v) is 15.0. The van der Waals surface area contributed by atoms with Crippen molar-refractivity contribution in [1.29, 1.82) is 0 Å². The van der Waals surface area contributed by atoms with Crippen LogP contribution in [0.15, 0.2) is 18.3 Å². The second kappa shape index (κ2) is 7.72. The SMILES string of the molecule is Cc1c(O[C@H]2CC[C@@H](N3CCOCC3)CC2)ccc2[nH]ncc12.Cl. The van der Waals surface area contributed by atoms with Crippen LogP contribution in [0.2, 0.25) is 0 Å². The summed E-state index contributed by atoms with van der Waals surface area (Å²) >= 11 is 0. The lowest BCUT2D eigenvalue weighted by Gasteiger charge is -2.38. The van der Waals surface area contributed by atoms with Crippen LogP contribution in [-0.4, -0.2) is 53.5 Å². The molecule has 1 saturated carbocycles. The molecule has 1 aromatic carbocycles.